The van der Waals surface area contributed by atoms with Crippen LogP contribution in [0.4, 0.5) is 10.1 Å². The molecule has 1 saturated heterocycles. The van der Waals surface area contributed by atoms with Crippen molar-refractivity contribution in [1.82, 2.24) is 9.88 Å². The lowest BCUT2D eigenvalue weighted by Crippen LogP contribution is -2.52. The summed E-state index contributed by atoms with van der Waals surface area (Å²) in [7, 11) is 0. The van der Waals surface area contributed by atoms with Crippen LogP contribution in [0, 0.1) is 5.82 Å². The molecule has 2 aromatic carbocycles. The van der Waals surface area contributed by atoms with E-state index in [2.05, 4.69) is 14.8 Å². The summed E-state index contributed by atoms with van der Waals surface area (Å²) in [5, 5.41) is 21.4. The van der Waals surface area contributed by atoms with E-state index in [9.17, 15) is 9.50 Å². The van der Waals surface area contributed by atoms with Crippen LogP contribution in [0.25, 0.3) is 0 Å². The minimum Gasteiger partial charge on any atom is -0.491 e. The Kier molecular flexibility index (Phi) is 8.14. The van der Waals surface area contributed by atoms with Gasteiger partial charge in [-0.05, 0) is 48.9 Å². The Hall–Kier alpha value is -2.42. The number of hydrogen-bond donors (Lipinski definition) is 2. The molecule has 0 radical (unpaired) electrons. The molecule has 1 aliphatic rings. The van der Waals surface area contributed by atoms with Gasteiger partial charge in [0, 0.05) is 37.3 Å². The molecule has 4 rings (SSSR count). The fraction of sp³-hybridized carbons (Fsp3) is 0.346. The molecule has 3 aromatic rings. The van der Waals surface area contributed by atoms with Gasteiger partial charge in [-0.25, -0.2) is 4.39 Å². The standard InChI is InChI=1S/C26H28Cl2FN3O3/c1-26(34,25-9-6-20(29)15-30-25)17-31-10-11-32(24(16-31)18-2-4-19(27)5-3-18)23-8-7-21(14-22(23)28)35-13-12-33/h2-9,14-15,24,33-34H,10-13,16-17H2,1H3/t24-,26+/m0/s1. The van der Waals surface area contributed by atoms with Gasteiger partial charge in [0.15, 0.2) is 0 Å². The molecule has 2 atom stereocenters. The van der Waals surface area contributed by atoms with Crippen LogP contribution in [-0.4, -0.2) is 59.5 Å². The van der Waals surface area contributed by atoms with Crippen LogP contribution in [0.1, 0.15) is 24.2 Å². The topological polar surface area (TPSA) is 69.1 Å². The molecule has 0 unspecified atom stereocenters. The lowest BCUT2D eigenvalue weighted by Gasteiger charge is -2.45. The van der Waals surface area contributed by atoms with Gasteiger partial charge in [-0.3, -0.25) is 9.88 Å². The second-order valence-corrected chi connectivity index (χ2v) is 9.66. The number of aromatic nitrogens is 1. The third-order valence-corrected chi connectivity index (χ3v) is 6.67. The monoisotopic (exact) mass is 519 g/mol. The highest BCUT2D eigenvalue weighted by atomic mass is 35.5. The van der Waals surface area contributed by atoms with E-state index < -0.39 is 11.4 Å². The van der Waals surface area contributed by atoms with Gasteiger partial charge in [-0.15, -0.1) is 0 Å². The second-order valence-electron chi connectivity index (χ2n) is 8.82. The fourth-order valence-corrected chi connectivity index (χ4v) is 4.83. The maximum Gasteiger partial charge on any atom is 0.141 e. The van der Waals surface area contributed by atoms with Gasteiger partial charge in [0.25, 0.3) is 0 Å². The first kappa shape index (κ1) is 25.7. The number of β-amino-alcohol motifs (C(OH)–C–C–N with tert-alkyl or cyclic N) is 1. The first-order valence-corrected chi connectivity index (χ1v) is 12.1. The number of anilines is 1. The van der Waals surface area contributed by atoms with Gasteiger partial charge in [-0.1, -0.05) is 35.3 Å². The summed E-state index contributed by atoms with van der Waals surface area (Å²) in [6.07, 6.45) is 1.12. The Morgan fingerprint density at radius 2 is 1.89 bits per heavy atom. The number of piperazine rings is 1. The van der Waals surface area contributed by atoms with Crippen LogP contribution in [0.15, 0.2) is 60.8 Å². The smallest absolute Gasteiger partial charge is 0.141 e. The van der Waals surface area contributed by atoms with E-state index in [0.29, 0.717) is 47.7 Å². The maximum absolute atomic E-state index is 13.3. The predicted molar refractivity (Wildman–Crippen MR) is 136 cm³/mol. The highest BCUT2D eigenvalue weighted by Crippen LogP contribution is 2.38. The van der Waals surface area contributed by atoms with Crippen molar-refractivity contribution < 1.29 is 19.3 Å². The molecular weight excluding hydrogens is 492 g/mol. The summed E-state index contributed by atoms with van der Waals surface area (Å²) in [6, 6.07) is 16.0. The molecule has 2 N–H and O–H groups in total. The van der Waals surface area contributed by atoms with Crippen molar-refractivity contribution in [2.24, 2.45) is 0 Å². The number of hydrogen-bond acceptors (Lipinski definition) is 6. The molecule has 2 heterocycles. The SMILES string of the molecule is C[C@@](O)(CN1CCN(c2ccc(OCCO)cc2Cl)[C@H](c2ccc(Cl)cc2)C1)c1ccc(F)cn1. The van der Waals surface area contributed by atoms with Crippen LogP contribution in [-0.2, 0) is 5.60 Å². The van der Waals surface area contributed by atoms with Gasteiger partial charge < -0.3 is 19.8 Å². The summed E-state index contributed by atoms with van der Waals surface area (Å²) in [5.74, 6) is 0.156. The number of aliphatic hydroxyl groups excluding tert-OH is 1. The molecule has 0 aliphatic carbocycles. The first-order valence-electron chi connectivity index (χ1n) is 11.4. The molecule has 35 heavy (non-hydrogen) atoms. The Balaban J connectivity index is 1.58. The van der Waals surface area contributed by atoms with Crippen molar-refractivity contribution >= 4 is 28.9 Å². The number of rotatable bonds is 8. The third-order valence-electron chi connectivity index (χ3n) is 6.12. The van der Waals surface area contributed by atoms with Crippen molar-refractivity contribution in [3.05, 3.63) is 87.9 Å². The van der Waals surface area contributed by atoms with Crippen LogP contribution < -0.4 is 9.64 Å². The average Bonchev–Trinajstić information content (AvgIpc) is 2.83. The van der Waals surface area contributed by atoms with E-state index in [-0.39, 0.29) is 19.3 Å². The summed E-state index contributed by atoms with van der Waals surface area (Å²) < 4.78 is 18.8. The highest BCUT2D eigenvalue weighted by Gasteiger charge is 2.34. The van der Waals surface area contributed by atoms with Crippen LogP contribution in [0.2, 0.25) is 10.0 Å². The number of ether oxygens (including phenoxy) is 1. The Morgan fingerprint density at radius 1 is 1.11 bits per heavy atom. The Morgan fingerprint density at radius 3 is 2.54 bits per heavy atom. The zero-order chi connectivity index (χ0) is 25.0. The minimum absolute atomic E-state index is 0.0558. The Labute approximate surface area is 214 Å². The summed E-state index contributed by atoms with van der Waals surface area (Å²) in [6.45, 7) is 4.13. The summed E-state index contributed by atoms with van der Waals surface area (Å²) in [4.78, 5) is 8.50. The molecule has 0 saturated carbocycles. The van der Waals surface area contributed by atoms with Crippen molar-refractivity contribution in [3.8, 4) is 5.75 Å². The van der Waals surface area contributed by atoms with Crippen LogP contribution in [0.5, 0.6) is 5.75 Å². The molecular formula is C26H28Cl2FN3O3. The predicted octanol–water partition coefficient (Wildman–Crippen LogP) is 4.67. The molecule has 186 valence electrons. The normalized spacial score (nSPS) is 18.3. The number of aliphatic hydroxyl groups is 2. The first-order chi connectivity index (χ1) is 16.8. The zero-order valence-corrected chi connectivity index (χ0v) is 20.9. The van der Waals surface area contributed by atoms with Crippen LogP contribution >= 0.6 is 23.2 Å². The molecule has 1 aromatic heterocycles. The molecule has 1 aliphatic heterocycles. The van der Waals surface area contributed by atoms with E-state index >= 15 is 0 Å². The Bertz CT molecular complexity index is 1130. The molecule has 0 spiro atoms. The number of halogens is 3. The van der Waals surface area contributed by atoms with Gasteiger partial charge in [0.1, 0.15) is 23.8 Å². The van der Waals surface area contributed by atoms with E-state index in [1.54, 1.807) is 13.0 Å². The van der Waals surface area contributed by atoms with E-state index in [4.69, 9.17) is 33.0 Å². The fourth-order valence-electron chi connectivity index (χ4n) is 4.43. The van der Waals surface area contributed by atoms with E-state index in [1.165, 1.54) is 12.1 Å². The minimum atomic E-state index is -1.25. The van der Waals surface area contributed by atoms with Crippen molar-refractivity contribution in [2.45, 2.75) is 18.6 Å². The van der Waals surface area contributed by atoms with Crippen molar-refractivity contribution in [2.75, 3.05) is 44.3 Å². The molecule has 1 fully saturated rings. The lowest BCUT2D eigenvalue weighted by atomic mass is 9.97. The number of nitrogens with zero attached hydrogens (tertiary/aromatic N) is 3. The summed E-state index contributed by atoms with van der Waals surface area (Å²) >= 11 is 12.8. The zero-order valence-electron chi connectivity index (χ0n) is 19.4. The van der Waals surface area contributed by atoms with Crippen molar-refractivity contribution in [3.63, 3.8) is 0 Å². The molecule has 6 nitrogen and oxygen atoms in total. The van der Waals surface area contributed by atoms with Gasteiger partial charge in [-0.2, -0.15) is 0 Å². The van der Waals surface area contributed by atoms with Crippen LogP contribution in [0.3, 0.4) is 0 Å². The number of benzene rings is 2. The van der Waals surface area contributed by atoms with Gasteiger partial charge in [0.2, 0.25) is 0 Å². The lowest BCUT2D eigenvalue weighted by molar-refractivity contribution is 0.00669. The average molecular weight is 520 g/mol. The summed E-state index contributed by atoms with van der Waals surface area (Å²) in [5.41, 5.74) is 1.11. The third kappa shape index (κ3) is 6.23. The quantitative estimate of drug-likeness (QED) is 0.450. The number of pyridine rings is 1. The van der Waals surface area contributed by atoms with E-state index in [0.717, 1.165) is 17.4 Å². The molecule has 0 bridgehead atoms. The van der Waals surface area contributed by atoms with Gasteiger partial charge in [0.05, 0.1) is 35.2 Å². The molecule has 0 amide bonds. The van der Waals surface area contributed by atoms with E-state index in [1.807, 2.05) is 36.4 Å². The largest absolute Gasteiger partial charge is 0.491 e. The highest BCUT2D eigenvalue weighted by molar-refractivity contribution is 6.33. The second kappa shape index (κ2) is 11.1. The molecule has 9 heteroatoms. The van der Waals surface area contributed by atoms with Crippen molar-refractivity contribution in [1.29, 1.82) is 0 Å². The maximum atomic E-state index is 13.3. The van der Waals surface area contributed by atoms with Gasteiger partial charge >= 0.3 is 0 Å².